The zero-order valence-electron chi connectivity index (χ0n) is 17.2. The molecule has 5 rings (SSSR count). The summed E-state index contributed by atoms with van der Waals surface area (Å²) in [4.78, 5) is 39.1. The normalized spacial score (nSPS) is 12.3. The summed E-state index contributed by atoms with van der Waals surface area (Å²) in [6.07, 6.45) is 0. The first-order chi connectivity index (χ1) is 15.5. The summed E-state index contributed by atoms with van der Waals surface area (Å²) in [6, 6.07) is 14.4. The number of amides is 1. The predicted molar refractivity (Wildman–Crippen MR) is 122 cm³/mol. The topological polar surface area (TPSA) is 91.6 Å². The average Bonchev–Trinajstić information content (AvgIpc) is 3.45. The second-order valence-corrected chi connectivity index (χ2v) is 8.36. The molecule has 32 heavy (non-hydrogen) atoms. The van der Waals surface area contributed by atoms with Crippen molar-refractivity contribution in [1.82, 2.24) is 9.13 Å². The maximum atomic E-state index is 13.3. The number of rotatable bonds is 5. The van der Waals surface area contributed by atoms with Crippen LogP contribution in [0.3, 0.4) is 0 Å². The van der Waals surface area contributed by atoms with Crippen LogP contribution in [0.2, 0.25) is 0 Å². The largest absolute Gasteiger partial charge is 0.454 e. The second kappa shape index (κ2) is 8.01. The van der Waals surface area contributed by atoms with Crippen molar-refractivity contribution in [1.29, 1.82) is 0 Å². The van der Waals surface area contributed by atoms with Crippen molar-refractivity contribution in [2.75, 3.05) is 12.1 Å². The highest BCUT2D eigenvalue weighted by molar-refractivity contribution is 7.17. The van der Waals surface area contributed by atoms with E-state index in [2.05, 4.69) is 5.32 Å². The molecule has 1 aliphatic heterocycles. The maximum absolute atomic E-state index is 13.3. The van der Waals surface area contributed by atoms with Gasteiger partial charge in [-0.3, -0.25) is 18.7 Å². The summed E-state index contributed by atoms with van der Waals surface area (Å²) >= 11 is 1.25. The molecule has 1 amide bonds. The third-order valence-corrected chi connectivity index (χ3v) is 6.23. The van der Waals surface area contributed by atoms with E-state index in [0.29, 0.717) is 27.4 Å². The molecule has 1 aliphatic rings. The molecule has 162 valence electrons. The van der Waals surface area contributed by atoms with Gasteiger partial charge in [-0.25, -0.2) is 4.79 Å². The maximum Gasteiger partial charge on any atom is 0.332 e. The molecule has 1 N–H and O–H groups in total. The Balaban J connectivity index is 1.51. The van der Waals surface area contributed by atoms with Crippen LogP contribution in [0, 0.1) is 6.92 Å². The molecule has 0 unspecified atom stereocenters. The Morgan fingerprint density at radius 3 is 2.72 bits per heavy atom. The number of anilines is 1. The lowest BCUT2D eigenvalue weighted by molar-refractivity contribution is -0.116. The van der Waals surface area contributed by atoms with Crippen LogP contribution in [-0.4, -0.2) is 21.8 Å². The Labute approximate surface area is 186 Å². The van der Waals surface area contributed by atoms with Crippen molar-refractivity contribution in [3.8, 4) is 11.5 Å². The molecule has 0 radical (unpaired) electrons. The van der Waals surface area contributed by atoms with Gasteiger partial charge in [0, 0.05) is 5.69 Å². The highest BCUT2D eigenvalue weighted by Crippen LogP contribution is 2.32. The van der Waals surface area contributed by atoms with E-state index >= 15 is 0 Å². The van der Waals surface area contributed by atoms with Crippen LogP contribution in [0.25, 0.3) is 10.2 Å². The molecule has 4 aromatic rings. The third kappa shape index (κ3) is 3.56. The number of carbonyl (C=O) groups is 1. The molecule has 0 saturated heterocycles. The van der Waals surface area contributed by atoms with E-state index in [-0.39, 0.29) is 31.3 Å². The van der Waals surface area contributed by atoms with Crippen molar-refractivity contribution in [2.24, 2.45) is 0 Å². The Morgan fingerprint density at radius 1 is 1.06 bits per heavy atom. The number of ether oxygens (including phenoxy) is 2. The number of aromatic nitrogens is 2. The van der Waals surface area contributed by atoms with Gasteiger partial charge >= 0.3 is 5.69 Å². The van der Waals surface area contributed by atoms with Gasteiger partial charge in [-0.2, -0.15) is 0 Å². The molecule has 0 bridgehead atoms. The summed E-state index contributed by atoms with van der Waals surface area (Å²) in [5.74, 6) is 0.855. The summed E-state index contributed by atoms with van der Waals surface area (Å²) in [7, 11) is 0. The Hall–Kier alpha value is -3.85. The Bertz CT molecular complexity index is 1470. The number of hydrogen-bond acceptors (Lipinski definition) is 6. The van der Waals surface area contributed by atoms with Crippen LogP contribution in [-0.2, 0) is 17.9 Å². The quantitative estimate of drug-likeness (QED) is 0.506. The molecule has 9 heteroatoms. The number of aryl methyl sites for hydroxylation is 1. The molecule has 0 spiro atoms. The monoisotopic (exact) mass is 449 g/mol. The zero-order valence-corrected chi connectivity index (χ0v) is 18.0. The van der Waals surface area contributed by atoms with E-state index in [1.807, 2.05) is 25.1 Å². The number of nitrogens with one attached hydrogen (secondary N) is 1. The van der Waals surface area contributed by atoms with Crippen molar-refractivity contribution < 1.29 is 14.3 Å². The zero-order chi connectivity index (χ0) is 22.2. The Morgan fingerprint density at radius 2 is 1.88 bits per heavy atom. The molecular formula is C23H19N3O5S. The summed E-state index contributed by atoms with van der Waals surface area (Å²) in [5, 5.41) is 4.58. The highest BCUT2D eigenvalue weighted by Gasteiger charge is 2.19. The van der Waals surface area contributed by atoms with Gasteiger partial charge in [-0.05, 0) is 47.7 Å². The first-order valence-corrected chi connectivity index (χ1v) is 10.8. The molecule has 3 heterocycles. The van der Waals surface area contributed by atoms with Gasteiger partial charge in [-0.15, -0.1) is 11.3 Å². The second-order valence-electron chi connectivity index (χ2n) is 7.45. The van der Waals surface area contributed by atoms with Crippen molar-refractivity contribution >= 4 is 33.1 Å². The van der Waals surface area contributed by atoms with E-state index < -0.39 is 5.69 Å². The first kappa shape index (κ1) is 20.1. The lowest BCUT2D eigenvalue weighted by Gasteiger charge is -2.13. The van der Waals surface area contributed by atoms with Gasteiger partial charge < -0.3 is 14.8 Å². The van der Waals surface area contributed by atoms with Gasteiger partial charge in [0.2, 0.25) is 12.7 Å². The third-order valence-electron chi connectivity index (χ3n) is 5.33. The number of para-hydroxylation sites is 1. The van der Waals surface area contributed by atoms with Gasteiger partial charge in [0.15, 0.2) is 11.5 Å². The smallest absolute Gasteiger partial charge is 0.332 e. The summed E-state index contributed by atoms with van der Waals surface area (Å²) < 4.78 is 13.6. The van der Waals surface area contributed by atoms with E-state index in [0.717, 1.165) is 15.7 Å². The molecular weight excluding hydrogens is 430 g/mol. The molecule has 2 aromatic carbocycles. The minimum Gasteiger partial charge on any atom is -0.454 e. The van der Waals surface area contributed by atoms with Gasteiger partial charge in [0.25, 0.3) is 5.56 Å². The summed E-state index contributed by atoms with van der Waals surface area (Å²) in [5.41, 5.74) is 1.85. The molecule has 8 nitrogen and oxygen atoms in total. The number of carbonyl (C=O) groups excluding carboxylic acids is 1. The fourth-order valence-electron chi connectivity index (χ4n) is 3.69. The molecule has 0 saturated carbocycles. The van der Waals surface area contributed by atoms with E-state index in [9.17, 15) is 14.4 Å². The van der Waals surface area contributed by atoms with E-state index in [1.54, 1.807) is 35.7 Å². The number of hydrogen-bond donors (Lipinski definition) is 1. The van der Waals surface area contributed by atoms with E-state index in [1.165, 1.54) is 15.9 Å². The standard InChI is InChI=1S/C23H19N3O5S/c1-14-4-2-3-5-16(14)24-20(27)12-25-17-8-9-32-21(17)22(28)26(23(25)29)11-15-6-7-18-19(10-15)31-13-30-18/h2-10H,11-13H2,1H3,(H,24,27). The van der Waals surface area contributed by atoms with Crippen LogP contribution in [0.5, 0.6) is 11.5 Å². The summed E-state index contributed by atoms with van der Waals surface area (Å²) in [6.45, 7) is 1.89. The van der Waals surface area contributed by atoms with Gasteiger partial charge in [-0.1, -0.05) is 24.3 Å². The minimum atomic E-state index is -0.543. The minimum absolute atomic E-state index is 0.0571. The van der Waals surface area contributed by atoms with Crippen molar-refractivity contribution in [3.63, 3.8) is 0 Å². The Kier molecular flexibility index (Phi) is 5.02. The first-order valence-electron chi connectivity index (χ1n) is 9.96. The lowest BCUT2D eigenvalue weighted by Crippen LogP contribution is -2.41. The number of fused-ring (bicyclic) bond motifs is 2. The van der Waals surface area contributed by atoms with E-state index in [4.69, 9.17) is 9.47 Å². The predicted octanol–water partition coefficient (Wildman–Crippen LogP) is 2.95. The fraction of sp³-hybridized carbons (Fsp3) is 0.174. The van der Waals surface area contributed by atoms with Crippen molar-refractivity contribution in [3.05, 3.63) is 85.9 Å². The van der Waals surface area contributed by atoms with Crippen LogP contribution < -0.4 is 26.0 Å². The van der Waals surface area contributed by atoms with Gasteiger partial charge in [0.05, 0.1) is 12.1 Å². The SMILES string of the molecule is Cc1ccccc1NC(=O)Cn1c(=O)n(Cc2ccc3c(c2)OCO3)c(=O)c2sccc21. The van der Waals surface area contributed by atoms with Crippen LogP contribution in [0.1, 0.15) is 11.1 Å². The van der Waals surface area contributed by atoms with Crippen LogP contribution >= 0.6 is 11.3 Å². The van der Waals surface area contributed by atoms with Crippen LogP contribution in [0.4, 0.5) is 5.69 Å². The number of benzene rings is 2. The van der Waals surface area contributed by atoms with Crippen molar-refractivity contribution in [2.45, 2.75) is 20.0 Å². The van der Waals surface area contributed by atoms with Crippen LogP contribution in [0.15, 0.2) is 63.5 Å². The molecule has 2 aromatic heterocycles. The molecule has 0 atom stereocenters. The highest BCUT2D eigenvalue weighted by atomic mass is 32.1. The molecule has 0 fully saturated rings. The number of nitrogens with zero attached hydrogens (tertiary/aromatic N) is 2. The molecule has 0 aliphatic carbocycles. The van der Waals surface area contributed by atoms with Gasteiger partial charge in [0.1, 0.15) is 11.2 Å². The average molecular weight is 449 g/mol. The lowest BCUT2D eigenvalue weighted by atomic mass is 10.2. The number of thiophene rings is 1. The fourth-order valence-corrected chi connectivity index (χ4v) is 4.54.